The first-order valence-electron chi connectivity index (χ1n) is 5.41. The Balaban J connectivity index is 2.17. The smallest absolute Gasteiger partial charge is 0.258 e. The van der Waals surface area contributed by atoms with Gasteiger partial charge in [0.15, 0.2) is 0 Å². The van der Waals surface area contributed by atoms with E-state index in [1.54, 1.807) is 6.07 Å². The number of aromatic amines is 1. The van der Waals surface area contributed by atoms with Gasteiger partial charge >= 0.3 is 0 Å². The molecule has 1 aliphatic rings. The van der Waals surface area contributed by atoms with Gasteiger partial charge in [-0.25, -0.2) is 4.98 Å². The summed E-state index contributed by atoms with van der Waals surface area (Å²) >= 11 is 0. The highest BCUT2D eigenvalue weighted by Gasteiger charge is 2.20. The van der Waals surface area contributed by atoms with Crippen molar-refractivity contribution in [3.63, 3.8) is 0 Å². The number of H-pyrrole nitrogens is 1. The van der Waals surface area contributed by atoms with Gasteiger partial charge in [0.1, 0.15) is 5.82 Å². The molecular weight excluding hydrogens is 204 g/mol. The minimum atomic E-state index is -0.0625. The molecule has 0 bridgehead atoms. The molecule has 2 heterocycles. The molecule has 16 heavy (non-hydrogen) atoms. The van der Waals surface area contributed by atoms with Crippen molar-refractivity contribution < 1.29 is 4.74 Å². The summed E-state index contributed by atoms with van der Waals surface area (Å²) in [5, 5.41) is 0.644. The second kappa shape index (κ2) is 3.72. The van der Waals surface area contributed by atoms with Gasteiger partial charge < -0.3 is 9.72 Å². The third-order valence-electron chi connectivity index (χ3n) is 2.95. The van der Waals surface area contributed by atoms with Gasteiger partial charge in [-0.2, -0.15) is 0 Å². The van der Waals surface area contributed by atoms with E-state index >= 15 is 0 Å². The minimum Gasteiger partial charge on any atom is -0.381 e. The molecule has 0 aliphatic carbocycles. The molecule has 0 amide bonds. The number of nitrogens with zero attached hydrogens (tertiary/aromatic N) is 1. The summed E-state index contributed by atoms with van der Waals surface area (Å²) in [4.78, 5) is 19.1. The fourth-order valence-corrected chi connectivity index (χ4v) is 2.05. The molecule has 1 aromatic carbocycles. The Labute approximate surface area is 92.3 Å². The van der Waals surface area contributed by atoms with E-state index in [-0.39, 0.29) is 11.5 Å². The van der Waals surface area contributed by atoms with Gasteiger partial charge in [-0.05, 0) is 18.6 Å². The van der Waals surface area contributed by atoms with Crippen LogP contribution in [0.3, 0.4) is 0 Å². The number of benzene rings is 1. The number of hydrogen-bond donors (Lipinski definition) is 1. The molecule has 0 unspecified atom stereocenters. The first-order chi connectivity index (χ1) is 7.84. The van der Waals surface area contributed by atoms with Gasteiger partial charge in [0.2, 0.25) is 0 Å². The van der Waals surface area contributed by atoms with Gasteiger partial charge in [-0.1, -0.05) is 12.1 Å². The van der Waals surface area contributed by atoms with Gasteiger partial charge in [-0.15, -0.1) is 0 Å². The summed E-state index contributed by atoms with van der Waals surface area (Å²) < 4.78 is 5.30. The van der Waals surface area contributed by atoms with Crippen molar-refractivity contribution in [1.29, 1.82) is 0 Å². The molecule has 1 N–H and O–H groups in total. The number of ether oxygens (including phenoxy) is 1. The van der Waals surface area contributed by atoms with Gasteiger partial charge in [-0.3, -0.25) is 4.79 Å². The van der Waals surface area contributed by atoms with Crippen molar-refractivity contribution >= 4 is 10.9 Å². The van der Waals surface area contributed by atoms with E-state index in [9.17, 15) is 4.79 Å². The van der Waals surface area contributed by atoms with Crippen molar-refractivity contribution in [1.82, 2.24) is 9.97 Å². The highest BCUT2D eigenvalue weighted by Crippen LogP contribution is 2.22. The van der Waals surface area contributed by atoms with Gasteiger partial charge in [0.25, 0.3) is 5.56 Å². The minimum absolute atomic E-state index is 0.0625. The lowest BCUT2D eigenvalue weighted by atomic mass is 10.1. The normalized spacial score (nSPS) is 20.4. The maximum atomic E-state index is 11.8. The van der Waals surface area contributed by atoms with E-state index in [1.807, 2.05) is 18.2 Å². The topological polar surface area (TPSA) is 55.0 Å². The van der Waals surface area contributed by atoms with Crippen LogP contribution in [0.4, 0.5) is 0 Å². The number of aromatic nitrogens is 2. The molecule has 2 aromatic rings. The number of nitrogens with one attached hydrogen (secondary N) is 1. The summed E-state index contributed by atoms with van der Waals surface area (Å²) in [6.45, 7) is 1.41. The Morgan fingerprint density at radius 3 is 3.06 bits per heavy atom. The Kier molecular flexibility index (Phi) is 2.22. The molecule has 0 spiro atoms. The Morgan fingerprint density at radius 2 is 2.25 bits per heavy atom. The standard InChI is InChI=1S/C12H12N2O2/c15-12-9-3-1-2-4-10(9)13-11(14-12)8-5-6-16-7-8/h1-4,8H,5-7H2,(H,13,14,15)/t8-/m0/s1. The molecule has 1 aliphatic heterocycles. The second-order valence-corrected chi connectivity index (χ2v) is 4.03. The van der Waals surface area contributed by atoms with Crippen LogP contribution in [0.5, 0.6) is 0 Å². The lowest BCUT2D eigenvalue weighted by Gasteiger charge is -2.07. The Morgan fingerprint density at radius 1 is 1.38 bits per heavy atom. The average Bonchev–Trinajstić information content (AvgIpc) is 2.82. The van der Waals surface area contributed by atoms with E-state index in [4.69, 9.17) is 4.74 Å². The quantitative estimate of drug-likeness (QED) is 0.784. The molecule has 4 nitrogen and oxygen atoms in total. The number of rotatable bonds is 1. The van der Waals surface area contributed by atoms with Crippen LogP contribution < -0.4 is 5.56 Å². The molecule has 4 heteroatoms. The zero-order valence-electron chi connectivity index (χ0n) is 8.77. The number of fused-ring (bicyclic) bond motifs is 1. The highest BCUT2D eigenvalue weighted by molar-refractivity contribution is 5.77. The maximum absolute atomic E-state index is 11.8. The zero-order valence-corrected chi connectivity index (χ0v) is 8.77. The van der Waals surface area contributed by atoms with E-state index in [2.05, 4.69) is 9.97 Å². The number of para-hydroxylation sites is 1. The van der Waals surface area contributed by atoms with E-state index in [0.717, 1.165) is 24.4 Å². The summed E-state index contributed by atoms with van der Waals surface area (Å²) in [6.07, 6.45) is 0.932. The van der Waals surface area contributed by atoms with Crippen LogP contribution >= 0.6 is 0 Å². The predicted molar refractivity (Wildman–Crippen MR) is 60.5 cm³/mol. The van der Waals surface area contributed by atoms with Crippen molar-refractivity contribution in [2.45, 2.75) is 12.3 Å². The fourth-order valence-electron chi connectivity index (χ4n) is 2.05. The Bertz CT molecular complexity index is 570. The van der Waals surface area contributed by atoms with Crippen LogP contribution in [0, 0.1) is 0 Å². The first-order valence-corrected chi connectivity index (χ1v) is 5.41. The molecular formula is C12H12N2O2. The number of hydrogen-bond acceptors (Lipinski definition) is 3. The SMILES string of the molecule is O=c1[nH]c([C@H]2CCOC2)nc2ccccc12. The summed E-state index contributed by atoms with van der Waals surface area (Å²) in [5.74, 6) is 0.985. The molecule has 1 saturated heterocycles. The van der Waals surface area contributed by atoms with Crippen molar-refractivity contribution in [2.24, 2.45) is 0 Å². The molecule has 3 rings (SSSR count). The Hall–Kier alpha value is -1.68. The lowest BCUT2D eigenvalue weighted by molar-refractivity contribution is 0.193. The van der Waals surface area contributed by atoms with Crippen LogP contribution in [0.25, 0.3) is 10.9 Å². The predicted octanol–water partition coefficient (Wildman–Crippen LogP) is 1.43. The highest BCUT2D eigenvalue weighted by atomic mass is 16.5. The molecule has 1 atom stereocenters. The van der Waals surface area contributed by atoms with Crippen LogP contribution in [0.15, 0.2) is 29.1 Å². The lowest BCUT2D eigenvalue weighted by Crippen LogP contribution is -2.15. The average molecular weight is 216 g/mol. The first kappa shape index (κ1) is 9.54. The van der Waals surface area contributed by atoms with Crippen molar-refractivity contribution in [3.8, 4) is 0 Å². The fraction of sp³-hybridized carbons (Fsp3) is 0.333. The van der Waals surface area contributed by atoms with Gasteiger partial charge in [0, 0.05) is 12.5 Å². The van der Waals surface area contributed by atoms with Crippen LogP contribution in [-0.4, -0.2) is 23.2 Å². The molecule has 0 radical (unpaired) electrons. The molecule has 0 saturated carbocycles. The van der Waals surface area contributed by atoms with Crippen LogP contribution in [-0.2, 0) is 4.74 Å². The second-order valence-electron chi connectivity index (χ2n) is 4.03. The van der Waals surface area contributed by atoms with Crippen molar-refractivity contribution in [2.75, 3.05) is 13.2 Å². The summed E-state index contributed by atoms with van der Waals surface area (Å²) in [7, 11) is 0. The monoisotopic (exact) mass is 216 g/mol. The summed E-state index contributed by atoms with van der Waals surface area (Å²) in [5.41, 5.74) is 0.695. The van der Waals surface area contributed by atoms with E-state index in [0.29, 0.717) is 12.0 Å². The third kappa shape index (κ3) is 1.51. The van der Waals surface area contributed by atoms with Crippen LogP contribution in [0.1, 0.15) is 18.2 Å². The van der Waals surface area contributed by atoms with E-state index in [1.165, 1.54) is 0 Å². The third-order valence-corrected chi connectivity index (χ3v) is 2.95. The summed E-state index contributed by atoms with van der Waals surface area (Å²) in [6, 6.07) is 7.39. The molecule has 1 fully saturated rings. The zero-order chi connectivity index (χ0) is 11.0. The van der Waals surface area contributed by atoms with E-state index < -0.39 is 0 Å². The van der Waals surface area contributed by atoms with Crippen molar-refractivity contribution in [3.05, 3.63) is 40.4 Å². The largest absolute Gasteiger partial charge is 0.381 e. The molecule has 1 aromatic heterocycles. The van der Waals surface area contributed by atoms with Crippen LogP contribution in [0.2, 0.25) is 0 Å². The van der Waals surface area contributed by atoms with Gasteiger partial charge in [0.05, 0.1) is 17.5 Å². The molecule has 82 valence electrons. The maximum Gasteiger partial charge on any atom is 0.258 e.